The first-order chi connectivity index (χ1) is 8.05. The van der Waals surface area contributed by atoms with Crippen LogP contribution in [0.5, 0.6) is 0 Å². The lowest BCUT2D eigenvalue weighted by atomic mass is 10.1. The molecule has 1 N–H and O–H groups in total. The Morgan fingerprint density at radius 3 is 2.59 bits per heavy atom. The summed E-state index contributed by atoms with van der Waals surface area (Å²) in [6.45, 7) is 3.64. The second kappa shape index (κ2) is 6.45. The molecule has 1 nitrogen and oxygen atoms in total. The first-order valence-electron chi connectivity index (χ1n) is 5.59. The van der Waals surface area contributed by atoms with Gasteiger partial charge in [0.2, 0.25) is 0 Å². The molecule has 0 aliphatic carbocycles. The maximum atomic E-state index is 12.6. The summed E-state index contributed by atoms with van der Waals surface area (Å²) in [5, 5.41) is 3.11. The highest BCUT2D eigenvalue weighted by atomic mass is 19.4. The van der Waals surface area contributed by atoms with Crippen LogP contribution in [0, 0.1) is 0 Å². The predicted molar refractivity (Wildman–Crippen MR) is 63.6 cm³/mol. The van der Waals surface area contributed by atoms with Gasteiger partial charge in [-0.15, -0.1) is 0 Å². The molecule has 0 aliphatic heterocycles. The summed E-state index contributed by atoms with van der Waals surface area (Å²) in [7, 11) is 0. The highest BCUT2D eigenvalue weighted by Crippen LogP contribution is 2.32. The highest BCUT2D eigenvalue weighted by molar-refractivity contribution is 5.54. The molecule has 0 fully saturated rings. The van der Waals surface area contributed by atoms with Crippen LogP contribution in [0.1, 0.15) is 24.5 Å². The van der Waals surface area contributed by atoms with Crippen molar-refractivity contribution in [2.75, 3.05) is 13.1 Å². The largest absolute Gasteiger partial charge is 0.416 e. The smallest absolute Gasteiger partial charge is 0.317 e. The number of halogens is 3. The quantitative estimate of drug-likeness (QED) is 0.777. The van der Waals surface area contributed by atoms with Gasteiger partial charge >= 0.3 is 6.18 Å². The van der Waals surface area contributed by atoms with Crippen LogP contribution in [0.4, 0.5) is 13.2 Å². The first-order valence-corrected chi connectivity index (χ1v) is 5.59. The van der Waals surface area contributed by atoms with Gasteiger partial charge in [-0.05, 0) is 31.1 Å². The van der Waals surface area contributed by atoms with Crippen molar-refractivity contribution in [2.45, 2.75) is 19.5 Å². The molecule has 0 spiro atoms. The normalized spacial score (nSPS) is 12.2. The van der Waals surface area contributed by atoms with E-state index in [1.807, 2.05) is 6.92 Å². The fourth-order valence-electron chi connectivity index (χ4n) is 1.47. The zero-order valence-corrected chi connectivity index (χ0v) is 9.72. The van der Waals surface area contributed by atoms with Gasteiger partial charge in [-0.2, -0.15) is 13.2 Å². The van der Waals surface area contributed by atoms with Crippen molar-refractivity contribution >= 4 is 6.08 Å². The summed E-state index contributed by atoms with van der Waals surface area (Å²) in [4.78, 5) is 0. The minimum Gasteiger partial charge on any atom is -0.317 e. The Kier molecular flexibility index (Phi) is 5.22. The van der Waals surface area contributed by atoms with Crippen LogP contribution in [0.25, 0.3) is 6.08 Å². The van der Waals surface area contributed by atoms with E-state index in [-0.39, 0.29) is 5.56 Å². The Morgan fingerprint density at radius 1 is 1.24 bits per heavy atom. The molecule has 0 aromatic heterocycles. The average Bonchev–Trinajstić information content (AvgIpc) is 2.28. The minimum atomic E-state index is -4.29. The molecular formula is C13H16F3N. The van der Waals surface area contributed by atoms with E-state index in [0.29, 0.717) is 0 Å². The number of rotatable bonds is 5. The minimum absolute atomic E-state index is 0.219. The summed E-state index contributed by atoms with van der Waals surface area (Å²) >= 11 is 0. The molecule has 0 saturated carbocycles. The molecule has 0 heterocycles. The van der Waals surface area contributed by atoms with Gasteiger partial charge < -0.3 is 5.32 Å². The van der Waals surface area contributed by atoms with Gasteiger partial charge in [-0.3, -0.25) is 0 Å². The van der Waals surface area contributed by atoms with Crippen LogP contribution in [0.15, 0.2) is 30.3 Å². The lowest BCUT2D eigenvalue weighted by molar-refractivity contribution is -0.137. The lowest BCUT2D eigenvalue weighted by Crippen LogP contribution is -2.12. The fraction of sp³-hybridized carbons (Fsp3) is 0.385. The first kappa shape index (κ1) is 13.8. The molecule has 17 heavy (non-hydrogen) atoms. The molecule has 0 aliphatic rings. The van der Waals surface area contributed by atoms with E-state index in [4.69, 9.17) is 0 Å². The van der Waals surface area contributed by atoms with Gasteiger partial charge in [0.1, 0.15) is 0 Å². The van der Waals surface area contributed by atoms with Crippen molar-refractivity contribution in [3.8, 4) is 0 Å². The van der Waals surface area contributed by atoms with Crippen molar-refractivity contribution in [1.29, 1.82) is 0 Å². The standard InChI is InChI=1S/C13H16F3N/c1-2-17-10-6-5-8-11-7-3-4-9-12(11)13(14,15)16/h3-5,7-9,17H,2,6,10H2,1H3. The number of nitrogens with one attached hydrogen (secondary N) is 1. The Hall–Kier alpha value is -1.29. The predicted octanol–water partition coefficient (Wildman–Crippen LogP) is 3.72. The van der Waals surface area contributed by atoms with Crippen molar-refractivity contribution in [1.82, 2.24) is 5.32 Å². The van der Waals surface area contributed by atoms with Gasteiger partial charge in [0.05, 0.1) is 5.56 Å². The molecule has 0 unspecified atom stereocenters. The summed E-state index contributed by atoms with van der Waals surface area (Å²) in [6, 6.07) is 5.59. The number of alkyl halides is 3. The van der Waals surface area contributed by atoms with Gasteiger partial charge in [0, 0.05) is 0 Å². The Balaban J connectivity index is 2.71. The van der Waals surface area contributed by atoms with Crippen molar-refractivity contribution in [2.24, 2.45) is 0 Å². The molecule has 1 aromatic carbocycles. The monoisotopic (exact) mass is 243 g/mol. The second-order valence-corrected chi connectivity index (χ2v) is 3.63. The van der Waals surface area contributed by atoms with E-state index < -0.39 is 11.7 Å². The maximum Gasteiger partial charge on any atom is 0.416 e. The summed E-state index contributed by atoms with van der Waals surface area (Å²) in [6.07, 6.45) is -0.282. The number of benzene rings is 1. The van der Waals surface area contributed by atoms with E-state index in [1.54, 1.807) is 12.1 Å². The highest BCUT2D eigenvalue weighted by Gasteiger charge is 2.32. The van der Waals surface area contributed by atoms with E-state index in [9.17, 15) is 13.2 Å². The molecule has 0 amide bonds. The molecule has 0 atom stereocenters. The fourth-order valence-corrected chi connectivity index (χ4v) is 1.47. The molecule has 1 aromatic rings. The molecule has 1 rings (SSSR count). The molecule has 0 saturated heterocycles. The van der Waals surface area contributed by atoms with Gasteiger partial charge in [0.15, 0.2) is 0 Å². The van der Waals surface area contributed by atoms with Crippen molar-refractivity contribution in [3.05, 3.63) is 41.5 Å². The Morgan fingerprint density at radius 2 is 1.94 bits per heavy atom. The topological polar surface area (TPSA) is 12.0 Å². The number of hydrogen-bond acceptors (Lipinski definition) is 1. The van der Waals surface area contributed by atoms with Crippen LogP contribution in [-0.2, 0) is 6.18 Å². The van der Waals surface area contributed by atoms with E-state index in [0.717, 1.165) is 25.6 Å². The SMILES string of the molecule is CCNCCC=Cc1ccccc1C(F)(F)F. The van der Waals surface area contributed by atoms with E-state index in [2.05, 4.69) is 5.32 Å². The zero-order valence-electron chi connectivity index (χ0n) is 9.72. The average molecular weight is 243 g/mol. The van der Waals surface area contributed by atoms with Gasteiger partial charge in [-0.1, -0.05) is 37.3 Å². The number of hydrogen-bond donors (Lipinski definition) is 1. The van der Waals surface area contributed by atoms with Crippen LogP contribution in [0.3, 0.4) is 0 Å². The van der Waals surface area contributed by atoms with Crippen LogP contribution >= 0.6 is 0 Å². The third-order valence-corrected chi connectivity index (χ3v) is 2.30. The molecule has 4 heteroatoms. The summed E-state index contributed by atoms with van der Waals surface area (Å²) in [5.74, 6) is 0. The second-order valence-electron chi connectivity index (χ2n) is 3.63. The van der Waals surface area contributed by atoms with Crippen LogP contribution in [0.2, 0.25) is 0 Å². The molecule has 94 valence electrons. The third-order valence-electron chi connectivity index (χ3n) is 2.30. The molecule has 0 radical (unpaired) electrons. The Bertz CT molecular complexity index is 369. The van der Waals surface area contributed by atoms with Crippen molar-refractivity contribution in [3.63, 3.8) is 0 Å². The maximum absolute atomic E-state index is 12.6. The lowest BCUT2D eigenvalue weighted by Gasteiger charge is -2.09. The Labute approximate surface area is 99.3 Å². The zero-order chi connectivity index (χ0) is 12.7. The van der Waals surface area contributed by atoms with Gasteiger partial charge in [-0.25, -0.2) is 0 Å². The molecule has 0 bridgehead atoms. The third kappa shape index (κ3) is 4.61. The van der Waals surface area contributed by atoms with Crippen LogP contribution < -0.4 is 5.32 Å². The van der Waals surface area contributed by atoms with Crippen LogP contribution in [-0.4, -0.2) is 13.1 Å². The van der Waals surface area contributed by atoms with Crippen molar-refractivity contribution < 1.29 is 13.2 Å². The van der Waals surface area contributed by atoms with Gasteiger partial charge in [0.25, 0.3) is 0 Å². The van der Waals surface area contributed by atoms with E-state index in [1.165, 1.54) is 18.2 Å². The molecular weight excluding hydrogens is 227 g/mol. The summed E-state index contributed by atoms with van der Waals surface area (Å²) in [5.41, 5.74) is -0.365. The summed E-state index contributed by atoms with van der Waals surface area (Å²) < 4.78 is 37.9. The van der Waals surface area contributed by atoms with E-state index >= 15 is 0 Å².